The molecule has 0 atom stereocenters. The number of benzene rings is 1. The van der Waals surface area contributed by atoms with Gasteiger partial charge in [-0.15, -0.1) is 11.3 Å². The van der Waals surface area contributed by atoms with E-state index in [1.807, 2.05) is 6.20 Å². The number of nitrogens with zero attached hydrogens (tertiary/aromatic N) is 1. The van der Waals surface area contributed by atoms with Crippen molar-refractivity contribution in [1.82, 2.24) is 10.3 Å². The van der Waals surface area contributed by atoms with E-state index in [1.54, 1.807) is 11.3 Å². The third-order valence-electron chi connectivity index (χ3n) is 2.85. The summed E-state index contributed by atoms with van der Waals surface area (Å²) in [5.74, 6) is 0. The summed E-state index contributed by atoms with van der Waals surface area (Å²) in [5.41, 5.74) is 3.85. The molecule has 0 saturated carbocycles. The minimum atomic E-state index is 0.511. The Morgan fingerprint density at radius 1 is 1.28 bits per heavy atom. The first-order valence-corrected chi connectivity index (χ1v) is 7.13. The Bertz CT molecular complexity index is 529. The van der Waals surface area contributed by atoms with E-state index in [4.69, 9.17) is 0 Å². The van der Waals surface area contributed by atoms with E-state index in [1.165, 1.54) is 21.6 Å². The molecule has 0 fully saturated rings. The fourth-order valence-corrected chi connectivity index (χ4v) is 2.83. The van der Waals surface area contributed by atoms with Crippen LogP contribution in [0, 0.1) is 13.8 Å². The Morgan fingerprint density at radius 3 is 2.72 bits per heavy atom. The predicted octanol–water partition coefficient (Wildman–Crippen LogP) is 3.92. The number of thiazole rings is 1. The van der Waals surface area contributed by atoms with E-state index in [9.17, 15) is 0 Å². The largest absolute Gasteiger partial charge is 0.310 e. The van der Waals surface area contributed by atoms with Gasteiger partial charge in [0.25, 0.3) is 0 Å². The fourth-order valence-electron chi connectivity index (χ4n) is 1.87. The van der Waals surface area contributed by atoms with Crippen LogP contribution in [0.5, 0.6) is 0 Å². The molecule has 3 heteroatoms. The number of aryl methyl sites for hydroxylation is 2. The van der Waals surface area contributed by atoms with Crippen molar-refractivity contribution >= 4 is 11.3 Å². The second-order valence-corrected chi connectivity index (χ2v) is 6.10. The quantitative estimate of drug-likeness (QED) is 0.901. The van der Waals surface area contributed by atoms with E-state index < -0.39 is 0 Å². The predicted molar refractivity (Wildman–Crippen MR) is 79.0 cm³/mol. The lowest BCUT2D eigenvalue weighted by molar-refractivity contribution is 0.593. The maximum absolute atomic E-state index is 4.53. The van der Waals surface area contributed by atoms with Gasteiger partial charge in [0.05, 0.1) is 0 Å². The molecule has 2 aromatic rings. The van der Waals surface area contributed by atoms with E-state index in [-0.39, 0.29) is 0 Å². The van der Waals surface area contributed by atoms with Gasteiger partial charge in [-0.1, -0.05) is 37.6 Å². The standard InChI is InChI=1S/C15H20N2S/c1-10(2)16-8-13-9-17-15(18-13)14-6-5-11(3)7-12(14)4/h5-7,9-10,16H,8H2,1-4H3. The molecule has 1 N–H and O–H groups in total. The van der Waals surface area contributed by atoms with Gasteiger partial charge in [-0.25, -0.2) is 4.98 Å². The van der Waals surface area contributed by atoms with Gasteiger partial charge in [0.2, 0.25) is 0 Å². The van der Waals surface area contributed by atoms with Crippen molar-refractivity contribution in [2.24, 2.45) is 0 Å². The Kier molecular flexibility index (Phi) is 4.15. The normalized spacial score (nSPS) is 11.2. The van der Waals surface area contributed by atoms with Gasteiger partial charge in [0.15, 0.2) is 0 Å². The Balaban J connectivity index is 2.18. The number of nitrogens with one attached hydrogen (secondary N) is 1. The van der Waals surface area contributed by atoms with Gasteiger partial charge < -0.3 is 5.32 Å². The zero-order chi connectivity index (χ0) is 13.1. The maximum atomic E-state index is 4.53. The molecule has 0 amide bonds. The minimum Gasteiger partial charge on any atom is -0.310 e. The van der Waals surface area contributed by atoms with Crippen LogP contribution in [0.15, 0.2) is 24.4 Å². The molecule has 1 heterocycles. The van der Waals surface area contributed by atoms with Crippen LogP contribution < -0.4 is 5.32 Å². The van der Waals surface area contributed by atoms with Crippen LogP contribution in [0.25, 0.3) is 10.6 Å². The van der Waals surface area contributed by atoms with Crippen LogP contribution in [0.3, 0.4) is 0 Å². The van der Waals surface area contributed by atoms with Crippen molar-refractivity contribution in [3.63, 3.8) is 0 Å². The van der Waals surface area contributed by atoms with Gasteiger partial charge in [0, 0.05) is 29.2 Å². The first kappa shape index (κ1) is 13.2. The van der Waals surface area contributed by atoms with Gasteiger partial charge in [-0.2, -0.15) is 0 Å². The lowest BCUT2D eigenvalue weighted by Gasteiger charge is -2.05. The Hall–Kier alpha value is -1.19. The molecule has 18 heavy (non-hydrogen) atoms. The highest BCUT2D eigenvalue weighted by Crippen LogP contribution is 2.28. The molecular formula is C15H20N2S. The minimum absolute atomic E-state index is 0.511. The van der Waals surface area contributed by atoms with Gasteiger partial charge in [-0.05, 0) is 19.4 Å². The topological polar surface area (TPSA) is 24.9 Å². The highest BCUT2D eigenvalue weighted by atomic mass is 32.1. The number of aromatic nitrogens is 1. The molecule has 0 bridgehead atoms. The van der Waals surface area contributed by atoms with Crippen molar-refractivity contribution in [2.75, 3.05) is 0 Å². The van der Waals surface area contributed by atoms with Crippen LogP contribution in [0.2, 0.25) is 0 Å². The molecule has 1 aromatic heterocycles. The molecule has 0 aliphatic heterocycles. The molecule has 0 radical (unpaired) electrons. The van der Waals surface area contributed by atoms with Gasteiger partial charge in [0.1, 0.15) is 5.01 Å². The number of hydrogen-bond donors (Lipinski definition) is 1. The lowest BCUT2D eigenvalue weighted by atomic mass is 10.1. The SMILES string of the molecule is Cc1ccc(-c2ncc(CNC(C)C)s2)c(C)c1. The van der Waals surface area contributed by atoms with E-state index in [0.29, 0.717) is 6.04 Å². The summed E-state index contributed by atoms with van der Waals surface area (Å²) in [4.78, 5) is 5.82. The summed E-state index contributed by atoms with van der Waals surface area (Å²) in [7, 11) is 0. The van der Waals surface area contributed by atoms with Crippen molar-refractivity contribution < 1.29 is 0 Å². The summed E-state index contributed by atoms with van der Waals surface area (Å²) in [5, 5.41) is 4.54. The summed E-state index contributed by atoms with van der Waals surface area (Å²) in [6.45, 7) is 9.49. The molecule has 2 rings (SSSR count). The molecule has 0 aliphatic rings. The second-order valence-electron chi connectivity index (χ2n) is 4.99. The van der Waals surface area contributed by atoms with Crippen LogP contribution in [0.4, 0.5) is 0 Å². The van der Waals surface area contributed by atoms with E-state index in [0.717, 1.165) is 11.6 Å². The molecule has 0 saturated heterocycles. The summed E-state index contributed by atoms with van der Waals surface area (Å²) in [6, 6.07) is 7.04. The lowest BCUT2D eigenvalue weighted by Crippen LogP contribution is -2.21. The second kappa shape index (κ2) is 5.63. The Morgan fingerprint density at radius 2 is 2.06 bits per heavy atom. The zero-order valence-corrected chi connectivity index (χ0v) is 12.3. The van der Waals surface area contributed by atoms with Gasteiger partial charge >= 0.3 is 0 Å². The van der Waals surface area contributed by atoms with Crippen LogP contribution >= 0.6 is 11.3 Å². The van der Waals surface area contributed by atoms with Gasteiger partial charge in [-0.3, -0.25) is 0 Å². The highest BCUT2D eigenvalue weighted by Gasteiger charge is 2.07. The third kappa shape index (κ3) is 3.18. The third-order valence-corrected chi connectivity index (χ3v) is 3.88. The zero-order valence-electron chi connectivity index (χ0n) is 11.4. The maximum Gasteiger partial charge on any atom is 0.123 e. The van der Waals surface area contributed by atoms with E-state index in [2.05, 4.69) is 56.2 Å². The number of hydrogen-bond acceptors (Lipinski definition) is 3. The summed E-state index contributed by atoms with van der Waals surface area (Å²) >= 11 is 1.77. The molecule has 0 aliphatic carbocycles. The molecule has 2 nitrogen and oxygen atoms in total. The molecule has 1 aromatic carbocycles. The van der Waals surface area contributed by atoms with E-state index >= 15 is 0 Å². The van der Waals surface area contributed by atoms with Crippen molar-refractivity contribution in [3.05, 3.63) is 40.4 Å². The number of rotatable bonds is 4. The summed E-state index contributed by atoms with van der Waals surface area (Å²) in [6.07, 6.45) is 1.98. The molecule has 96 valence electrons. The monoisotopic (exact) mass is 260 g/mol. The van der Waals surface area contributed by atoms with Crippen molar-refractivity contribution in [3.8, 4) is 10.6 Å². The van der Waals surface area contributed by atoms with Crippen molar-refractivity contribution in [1.29, 1.82) is 0 Å². The first-order valence-electron chi connectivity index (χ1n) is 6.32. The summed E-state index contributed by atoms with van der Waals surface area (Å²) < 4.78 is 0. The van der Waals surface area contributed by atoms with Crippen LogP contribution in [0.1, 0.15) is 29.9 Å². The highest BCUT2D eigenvalue weighted by molar-refractivity contribution is 7.15. The average Bonchev–Trinajstić information content (AvgIpc) is 2.75. The van der Waals surface area contributed by atoms with Crippen LogP contribution in [-0.2, 0) is 6.54 Å². The molecule has 0 unspecified atom stereocenters. The van der Waals surface area contributed by atoms with Crippen molar-refractivity contribution in [2.45, 2.75) is 40.3 Å². The average molecular weight is 260 g/mol. The smallest absolute Gasteiger partial charge is 0.123 e. The fraction of sp³-hybridized carbons (Fsp3) is 0.400. The molecule has 0 spiro atoms. The Labute approximate surface area is 113 Å². The first-order chi connectivity index (χ1) is 8.56. The molecular weight excluding hydrogens is 240 g/mol. The van der Waals surface area contributed by atoms with Crippen LogP contribution in [-0.4, -0.2) is 11.0 Å².